The van der Waals surface area contributed by atoms with Gasteiger partial charge in [-0.25, -0.2) is 0 Å². The van der Waals surface area contributed by atoms with Crippen molar-refractivity contribution in [2.24, 2.45) is 10.3 Å². The SMILES string of the molecule is C1=CNN=NCC1. The Morgan fingerprint density at radius 1 is 1.57 bits per heavy atom. The molecule has 1 rings (SSSR count). The molecule has 1 N–H and O–H groups in total. The zero-order chi connectivity index (χ0) is 4.95. The molecule has 0 fully saturated rings. The van der Waals surface area contributed by atoms with Gasteiger partial charge in [0.2, 0.25) is 0 Å². The second-order valence-electron chi connectivity index (χ2n) is 1.29. The third kappa shape index (κ3) is 1.34. The molecule has 0 aliphatic carbocycles. The Hall–Kier alpha value is -0.860. The predicted octanol–water partition coefficient (Wildman–Crippen LogP) is 0.861. The number of rotatable bonds is 0. The van der Waals surface area contributed by atoms with Crippen molar-refractivity contribution in [3.63, 3.8) is 0 Å². The average molecular weight is 97.1 g/mol. The Morgan fingerprint density at radius 2 is 2.57 bits per heavy atom. The molecule has 1 aliphatic heterocycles. The molecule has 0 spiro atoms. The highest BCUT2D eigenvalue weighted by Crippen LogP contribution is 1.86. The van der Waals surface area contributed by atoms with E-state index in [-0.39, 0.29) is 0 Å². The highest BCUT2D eigenvalue weighted by Gasteiger charge is 1.79. The molecule has 7 heavy (non-hydrogen) atoms. The molecule has 0 saturated carbocycles. The smallest absolute Gasteiger partial charge is 0.0655 e. The fourth-order valence-electron chi connectivity index (χ4n) is 0.392. The van der Waals surface area contributed by atoms with Gasteiger partial charge in [0.1, 0.15) is 0 Å². The predicted molar refractivity (Wildman–Crippen MR) is 26.6 cm³/mol. The van der Waals surface area contributed by atoms with E-state index in [9.17, 15) is 0 Å². The van der Waals surface area contributed by atoms with E-state index in [2.05, 4.69) is 15.8 Å². The standard InChI is InChI=1S/C4H7N3/c1-2-4-6-7-5-3-1/h1,3H,2,4H2,(H,5,6). The third-order valence-corrected chi connectivity index (χ3v) is 0.717. The highest BCUT2D eigenvalue weighted by atomic mass is 15.4. The average Bonchev–Trinajstić information content (AvgIpc) is 1.90. The molecule has 0 atom stereocenters. The van der Waals surface area contributed by atoms with Crippen molar-refractivity contribution >= 4 is 0 Å². The van der Waals surface area contributed by atoms with Crippen LogP contribution in [0.2, 0.25) is 0 Å². The van der Waals surface area contributed by atoms with Crippen molar-refractivity contribution in [1.29, 1.82) is 0 Å². The van der Waals surface area contributed by atoms with Gasteiger partial charge in [0.25, 0.3) is 0 Å². The molecule has 0 aromatic carbocycles. The highest BCUT2D eigenvalue weighted by molar-refractivity contribution is 4.79. The maximum absolute atomic E-state index is 3.72. The quantitative estimate of drug-likeness (QED) is 0.478. The number of nitrogens with one attached hydrogen (secondary N) is 1. The van der Waals surface area contributed by atoms with E-state index in [4.69, 9.17) is 0 Å². The minimum Gasteiger partial charge on any atom is -0.268 e. The van der Waals surface area contributed by atoms with Crippen LogP contribution in [0.15, 0.2) is 22.6 Å². The molecule has 3 heteroatoms. The van der Waals surface area contributed by atoms with Crippen LogP contribution < -0.4 is 5.43 Å². The first kappa shape index (κ1) is 4.30. The van der Waals surface area contributed by atoms with Gasteiger partial charge in [-0.2, -0.15) is 5.11 Å². The fourth-order valence-corrected chi connectivity index (χ4v) is 0.392. The summed E-state index contributed by atoms with van der Waals surface area (Å²) in [7, 11) is 0. The molecule has 38 valence electrons. The van der Waals surface area contributed by atoms with Crippen molar-refractivity contribution in [1.82, 2.24) is 5.43 Å². The van der Waals surface area contributed by atoms with E-state index in [1.165, 1.54) is 0 Å². The van der Waals surface area contributed by atoms with Crippen LogP contribution in [0.3, 0.4) is 0 Å². The lowest BCUT2D eigenvalue weighted by molar-refractivity contribution is 0.821. The minimum atomic E-state index is 0.809. The van der Waals surface area contributed by atoms with Crippen molar-refractivity contribution in [2.75, 3.05) is 6.54 Å². The van der Waals surface area contributed by atoms with Crippen LogP contribution in [-0.2, 0) is 0 Å². The van der Waals surface area contributed by atoms with Gasteiger partial charge < -0.3 is 0 Å². The molecule has 1 heterocycles. The van der Waals surface area contributed by atoms with Gasteiger partial charge in [0.15, 0.2) is 0 Å². The Kier molecular flexibility index (Phi) is 1.44. The van der Waals surface area contributed by atoms with Gasteiger partial charge >= 0.3 is 0 Å². The molecule has 1 aliphatic rings. The second-order valence-corrected chi connectivity index (χ2v) is 1.29. The van der Waals surface area contributed by atoms with Crippen LogP contribution in [0.5, 0.6) is 0 Å². The summed E-state index contributed by atoms with van der Waals surface area (Å²) < 4.78 is 0. The summed E-state index contributed by atoms with van der Waals surface area (Å²) in [5, 5.41) is 7.28. The number of nitrogens with zero attached hydrogens (tertiary/aromatic N) is 2. The van der Waals surface area contributed by atoms with Crippen molar-refractivity contribution < 1.29 is 0 Å². The number of hydrogen-bond acceptors (Lipinski definition) is 3. The summed E-state index contributed by atoms with van der Waals surface area (Å²) in [4.78, 5) is 0. The molecular weight excluding hydrogens is 90.1 g/mol. The van der Waals surface area contributed by atoms with E-state index in [0.29, 0.717) is 0 Å². The monoisotopic (exact) mass is 97.1 g/mol. The summed E-state index contributed by atoms with van der Waals surface area (Å²) in [5.41, 5.74) is 2.62. The van der Waals surface area contributed by atoms with Gasteiger partial charge in [-0.3, -0.25) is 5.43 Å². The van der Waals surface area contributed by atoms with E-state index >= 15 is 0 Å². The normalized spacial score (nSPS) is 18.3. The molecule has 0 saturated heterocycles. The number of hydrogen-bond donors (Lipinski definition) is 1. The maximum atomic E-state index is 3.72. The van der Waals surface area contributed by atoms with Gasteiger partial charge in [0, 0.05) is 6.20 Å². The second kappa shape index (κ2) is 2.34. The van der Waals surface area contributed by atoms with Crippen LogP contribution in [0.1, 0.15) is 6.42 Å². The third-order valence-electron chi connectivity index (χ3n) is 0.717. The lowest BCUT2D eigenvalue weighted by atomic mass is 10.4. The van der Waals surface area contributed by atoms with E-state index in [0.717, 1.165) is 13.0 Å². The zero-order valence-electron chi connectivity index (χ0n) is 3.96. The molecule has 0 radical (unpaired) electrons. The van der Waals surface area contributed by atoms with Crippen LogP contribution in [0.4, 0.5) is 0 Å². The minimum absolute atomic E-state index is 0.809. The molecule has 3 nitrogen and oxygen atoms in total. The van der Waals surface area contributed by atoms with Gasteiger partial charge in [-0.1, -0.05) is 11.3 Å². The van der Waals surface area contributed by atoms with Crippen LogP contribution >= 0.6 is 0 Å². The van der Waals surface area contributed by atoms with Crippen molar-refractivity contribution in [2.45, 2.75) is 6.42 Å². The van der Waals surface area contributed by atoms with E-state index < -0.39 is 0 Å². The van der Waals surface area contributed by atoms with Crippen molar-refractivity contribution in [3.8, 4) is 0 Å². The lowest BCUT2D eigenvalue weighted by Crippen LogP contribution is -1.86. The molecule has 0 aromatic rings. The summed E-state index contributed by atoms with van der Waals surface area (Å²) in [6.45, 7) is 0.809. The first-order chi connectivity index (χ1) is 3.50. The Labute approximate surface area is 42.1 Å². The summed E-state index contributed by atoms with van der Waals surface area (Å²) in [6.07, 6.45) is 4.78. The molecule has 0 amide bonds. The van der Waals surface area contributed by atoms with Crippen LogP contribution in [0.25, 0.3) is 0 Å². The maximum Gasteiger partial charge on any atom is 0.0655 e. The van der Waals surface area contributed by atoms with E-state index in [1.54, 1.807) is 6.20 Å². The largest absolute Gasteiger partial charge is 0.268 e. The lowest BCUT2D eigenvalue weighted by Gasteiger charge is -1.77. The summed E-state index contributed by atoms with van der Waals surface area (Å²) >= 11 is 0. The first-order valence-electron chi connectivity index (χ1n) is 2.27. The molecular formula is C4H7N3. The Bertz CT molecular complexity index is 83.1. The van der Waals surface area contributed by atoms with Gasteiger partial charge in [-0.15, -0.1) is 0 Å². The van der Waals surface area contributed by atoms with Crippen LogP contribution in [0, 0.1) is 0 Å². The summed E-state index contributed by atoms with van der Waals surface area (Å²) in [5.74, 6) is 0. The van der Waals surface area contributed by atoms with Crippen LogP contribution in [-0.4, -0.2) is 6.54 Å². The Morgan fingerprint density at radius 3 is 3.57 bits per heavy atom. The van der Waals surface area contributed by atoms with Gasteiger partial charge in [0.05, 0.1) is 6.54 Å². The molecule has 0 bridgehead atoms. The van der Waals surface area contributed by atoms with Crippen molar-refractivity contribution in [3.05, 3.63) is 12.3 Å². The van der Waals surface area contributed by atoms with Gasteiger partial charge in [-0.05, 0) is 6.42 Å². The molecule has 0 aromatic heterocycles. The first-order valence-corrected chi connectivity index (χ1v) is 2.27. The fraction of sp³-hybridized carbons (Fsp3) is 0.500. The van der Waals surface area contributed by atoms with E-state index in [1.807, 2.05) is 6.08 Å². The topological polar surface area (TPSA) is 36.8 Å². The Balaban J connectivity index is 2.38. The summed E-state index contributed by atoms with van der Waals surface area (Å²) in [6, 6.07) is 0. The zero-order valence-corrected chi connectivity index (χ0v) is 3.96. The molecule has 0 unspecified atom stereocenters.